The second-order valence-corrected chi connectivity index (χ2v) is 10.9. The number of halogens is 1. The van der Waals surface area contributed by atoms with Crippen LogP contribution in [0.3, 0.4) is 0 Å². The topological polar surface area (TPSA) is 49.3 Å². The van der Waals surface area contributed by atoms with Gasteiger partial charge < -0.3 is 27.3 Å². The molecule has 0 bridgehead atoms. The zero-order chi connectivity index (χ0) is 24.9. The van der Waals surface area contributed by atoms with E-state index in [4.69, 9.17) is 0 Å². The van der Waals surface area contributed by atoms with Crippen LogP contribution in [0.5, 0.6) is 0 Å². The normalized spacial score (nSPS) is 12.2. The van der Waals surface area contributed by atoms with Crippen molar-refractivity contribution in [3.63, 3.8) is 0 Å². The first kappa shape index (κ1) is 33.9. The molecule has 4 nitrogen and oxygen atoms in total. The molecule has 0 spiro atoms. The lowest BCUT2D eigenvalue weighted by Crippen LogP contribution is -3.00. The summed E-state index contributed by atoms with van der Waals surface area (Å²) in [4.78, 5) is 12.1. The van der Waals surface area contributed by atoms with Gasteiger partial charge in [-0.25, -0.2) is 0 Å². The van der Waals surface area contributed by atoms with Crippen molar-refractivity contribution in [2.75, 3.05) is 27.2 Å². The van der Waals surface area contributed by atoms with Crippen molar-refractivity contribution >= 4 is 5.91 Å². The zero-order valence-corrected chi connectivity index (χ0v) is 23.8. The number of nitrogens with one attached hydrogen (secondary N) is 1. The first-order valence-electron chi connectivity index (χ1n) is 14.2. The summed E-state index contributed by atoms with van der Waals surface area (Å²) in [6, 6.07) is 10.6. The van der Waals surface area contributed by atoms with Crippen LogP contribution in [0.2, 0.25) is 0 Å². The Hall–Kier alpha value is -1.10. The van der Waals surface area contributed by atoms with E-state index in [9.17, 15) is 9.90 Å². The molecule has 1 atom stereocenters. The van der Waals surface area contributed by atoms with E-state index >= 15 is 0 Å². The summed E-state index contributed by atoms with van der Waals surface area (Å²) < 4.78 is 0.944. The highest BCUT2D eigenvalue weighted by atomic mass is 35.5. The number of amides is 1. The van der Waals surface area contributed by atoms with Crippen LogP contribution in [0.4, 0.5) is 0 Å². The van der Waals surface area contributed by atoms with Crippen molar-refractivity contribution in [1.29, 1.82) is 0 Å². The number of hydrogen-bond acceptors (Lipinski definition) is 2. The number of carbonyl (C=O) groups excluding carboxylic acids is 1. The third kappa shape index (κ3) is 20.8. The van der Waals surface area contributed by atoms with Gasteiger partial charge in [0.05, 0.1) is 26.7 Å². The van der Waals surface area contributed by atoms with E-state index in [1.807, 2.05) is 0 Å². The maximum absolute atomic E-state index is 12.1. The Bertz CT molecular complexity index is 610. The minimum atomic E-state index is -0.0807. The van der Waals surface area contributed by atoms with Gasteiger partial charge in [0.2, 0.25) is 5.91 Å². The molecule has 0 saturated carbocycles. The number of aliphatic hydroxyl groups is 1. The molecule has 0 fully saturated rings. The highest BCUT2D eigenvalue weighted by Gasteiger charge is 2.15. The number of nitrogens with zero attached hydrogens (tertiary/aromatic N) is 1. The Balaban J connectivity index is 0.0000116. The average molecular weight is 511 g/mol. The Morgan fingerprint density at radius 3 is 1.97 bits per heavy atom. The van der Waals surface area contributed by atoms with Crippen LogP contribution in [0.15, 0.2) is 30.3 Å². The third-order valence-corrected chi connectivity index (χ3v) is 6.80. The van der Waals surface area contributed by atoms with Crippen LogP contribution in [-0.4, -0.2) is 48.8 Å². The van der Waals surface area contributed by atoms with Crippen molar-refractivity contribution < 1.29 is 26.8 Å². The molecule has 5 heteroatoms. The first-order chi connectivity index (χ1) is 16.4. The second-order valence-electron chi connectivity index (χ2n) is 10.9. The summed E-state index contributed by atoms with van der Waals surface area (Å²) in [5, 5.41) is 13.1. The van der Waals surface area contributed by atoms with E-state index in [1.54, 1.807) is 0 Å². The van der Waals surface area contributed by atoms with Gasteiger partial charge in [0, 0.05) is 24.9 Å². The van der Waals surface area contributed by atoms with Crippen LogP contribution < -0.4 is 17.7 Å². The molecule has 1 amide bonds. The second kappa shape index (κ2) is 22.1. The van der Waals surface area contributed by atoms with E-state index in [0.717, 1.165) is 62.6 Å². The lowest BCUT2D eigenvalue weighted by atomic mass is 10.0. The summed E-state index contributed by atoms with van der Waals surface area (Å²) in [7, 11) is 4.52. The van der Waals surface area contributed by atoms with Crippen molar-refractivity contribution in [3.05, 3.63) is 35.9 Å². The van der Waals surface area contributed by atoms with E-state index in [2.05, 4.69) is 56.7 Å². The van der Waals surface area contributed by atoms with Crippen LogP contribution in [0.25, 0.3) is 0 Å². The van der Waals surface area contributed by atoms with Crippen LogP contribution in [-0.2, 0) is 11.3 Å². The Kier molecular flexibility index (Phi) is 21.4. The Morgan fingerprint density at radius 1 is 0.829 bits per heavy atom. The lowest BCUT2D eigenvalue weighted by molar-refractivity contribution is -0.903. The molecule has 2 N–H and O–H groups in total. The highest BCUT2D eigenvalue weighted by Crippen LogP contribution is 2.14. The minimum absolute atomic E-state index is 0. The molecule has 1 aromatic rings. The quantitative estimate of drug-likeness (QED) is 0.183. The molecule has 0 aliphatic carbocycles. The van der Waals surface area contributed by atoms with Gasteiger partial charge >= 0.3 is 0 Å². The summed E-state index contributed by atoms with van der Waals surface area (Å²) >= 11 is 0. The molecule has 0 heterocycles. The van der Waals surface area contributed by atoms with Crippen molar-refractivity contribution in [3.8, 4) is 0 Å². The predicted octanol–water partition coefficient (Wildman–Crippen LogP) is 4.01. The average Bonchev–Trinajstić information content (AvgIpc) is 2.81. The van der Waals surface area contributed by atoms with Gasteiger partial charge in [-0.1, -0.05) is 108 Å². The molecule has 0 aromatic heterocycles. The minimum Gasteiger partial charge on any atom is -1.00 e. The SMILES string of the molecule is CCCCCCC(O)CCCCCCCCCCC(=O)NCCC[N+](C)(C)Cc1ccccc1.[Cl-]. The lowest BCUT2D eigenvalue weighted by Gasteiger charge is -2.30. The number of aliphatic hydroxyl groups excluding tert-OH is 1. The summed E-state index contributed by atoms with van der Waals surface area (Å²) in [5.74, 6) is 0.210. The molecular weight excluding hydrogens is 456 g/mol. The number of quaternary nitrogens is 1. The Morgan fingerprint density at radius 2 is 1.37 bits per heavy atom. The van der Waals surface area contributed by atoms with Gasteiger partial charge in [0.1, 0.15) is 6.54 Å². The van der Waals surface area contributed by atoms with Gasteiger partial charge in [-0.15, -0.1) is 0 Å². The molecule has 1 aromatic carbocycles. The largest absolute Gasteiger partial charge is 1.00 e. The van der Waals surface area contributed by atoms with Crippen LogP contribution in [0.1, 0.15) is 115 Å². The smallest absolute Gasteiger partial charge is 0.219 e. The predicted molar refractivity (Wildman–Crippen MR) is 146 cm³/mol. The third-order valence-electron chi connectivity index (χ3n) is 6.80. The molecule has 204 valence electrons. The van der Waals surface area contributed by atoms with Gasteiger partial charge in [-0.2, -0.15) is 0 Å². The number of carbonyl (C=O) groups is 1. The van der Waals surface area contributed by atoms with Gasteiger partial charge in [-0.05, 0) is 19.3 Å². The summed E-state index contributed by atoms with van der Waals surface area (Å²) in [6.07, 6.45) is 18.2. The number of unbranched alkanes of at least 4 members (excludes halogenated alkanes) is 10. The molecule has 1 rings (SSSR count). The van der Waals surface area contributed by atoms with E-state index in [0.29, 0.717) is 6.42 Å². The number of rotatable bonds is 22. The fraction of sp³-hybridized carbons (Fsp3) is 0.767. The standard InChI is InChI=1S/C30H54N2O2.ClH/c1-4-5-6-16-22-29(33)23-17-11-9-7-8-10-12-18-24-30(34)31-25-19-26-32(2,3)27-28-20-14-13-15-21-28;/h13-15,20-21,29,33H,4-12,16-19,22-27H2,1-3H3;1H. The van der Waals surface area contributed by atoms with Crippen LogP contribution >= 0.6 is 0 Å². The van der Waals surface area contributed by atoms with Crippen LogP contribution in [0, 0.1) is 0 Å². The zero-order valence-electron chi connectivity index (χ0n) is 23.1. The van der Waals surface area contributed by atoms with Crippen molar-refractivity contribution in [1.82, 2.24) is 5.32 Å². The number of hydrogen-bond donors (Lipinski definition) is 2. The molecule has 1 unspecified atom stereocenters. The fourth-order valence-corrected chi connectivity index (χ4v) is 4.66. The molecule has 0 radical (unpaired) electrons. The van der Waals surface area contributed by atoms with Gasteiger partial charge in [0.25, 0.3) is 0 Å². The Labute approximate surface area is 223 Å². The van der Waals surface area contributed by atoms with Crippen molar-refractivity contribution in [2.45, 2.75) is 122 Å². The monoisotopic (exact) mass is 510 g/mol. The molecule has 0 aliphatic rings. The first-order valence-corrected chi connectivity index (χ1v) is 14.2. The molecule has 0 aliphatic heterocycles. The molecular formula is C30H55ClN2O2. The maximum Gasteiger partial charge on any atom is 0.219 e. The summed E-state index contributed by atoms with van der Waals surface area (Å²) in [5.41, 5.74) is 1.36. The van der Waals surface area contributed by atoms with Crippen molar-refractivity contribution in [2.24, 2.45) is 0 Å². The molecule has 0 saturated heterocycles. The molecule has 35 heavy (non-hydrogen) atoms. The summed E-state index contributed by atoms with van der Waals surface area (Å²) in [6.45, 7) is 5.09. The van der Waals surface area contributed by atoms with E-state index in [1.165, 1.54) is 63.4 Å². The fourth-order valence-electron chi connectivity index (χ4n) is 4.66. The van der Waals surface area contributed by atoms with E-state index in [-0.39, 0.29) is 24.4 Å². The van der Waals surface area contributed by atoms with Gasteiger partial charge in [0.15, 0.2) is 0 Å². The highest BCUT2D eigenvalue weighted by molar-refractivity contribution is 5.75. The van der Waals surface area contributed by atoms with Gasteiger partial charge in [-0.3, -0.25) is 4.79 Å². The maximum atomic E-state index is 12.1. The van der Waals surface area contributed by atoms with E-state index < -0.39 is 0 Å². The number of benzene rings is 1.